The number of phosphoric acid groups is 1. The van der Waals surface area contributed by atoms with Gasteiger partial charge in [0.1, 0.15) is 12.4 Å². The van der Waals surface area contributed by atoms with Gasteiger partial charge < -0.3 is 19.9 Å². The number of phosphoric ester groups is 1. The third-order valence-corrected chi connectivity index (χ3v) is 11.4. The maximum Gasteiger partial charge on any atom is 0.475 e. The average Bonchev–Trinajstić information content (AvgIpc) is 3.24. The van der Waals surface area contributed by atoms with E-state index < -0.39 is 44.4 Å². The number of alkyl halides is 3. The summed E-state index contributed by atoms with van der Waals surface area (Å²) in [5.74, 6) is 0.436. The van der Waals surface area contributed by atoms with Crippen molar-refractivity contribution in [2.24, 2.45) is 5.92 Å². The van der Waals surface area contributed by atoms with Gasteiger partial charge in [0.25, 0.3) is 0 Å². The topological polar surface area (TPSA) is 113 Å². The zero-order chi connectivity index (χ0) is 40.4. The molecule has 1 aliphatic carbocycles. The molecule has 1 unspecified atom stereocenters. The highest BCUT2D eigenvalue weighted by atomic mass is 31.2. The Hall–Kier alpha value is -4.19. The minimum Gasteiger partial charge on any atom is -0.493 e. The van der Waals surface area contributed by atoms with Gasteiger partial charge in [-0.15, -0.1) is 0 Å². The van der Waals surface area contributed by atoms with Crippen molar-refractivity contribution >= 4 is 13.9 Å². The number of hydrogen-bond acceptors (Lipinski definition) is 8. The number of unbranched alkanes of at least 4 members (excludes halogenated alkanes) is 1. The second-order valence-corrected chi connectivity index (χ2v) is 16.2. The number of aliphatic hydroxyl groups excluding tert-OH is 1. The molecule has 1 amide bonds. The molecule has 1 atom stereocenters. The Balaban J connectivity index is 1.30. The number of hydrogen-bond donors (Lipinski definition) is 2. The maximum absolute atomic E-state index is 14.4. The normalized spacial score (nSPS) is 14.8. The Bertz CT molecular complexity index is 1780. The third kappa shape index (κ3) is 14.9. The molecular weight excluding hydrogens is 758 g/mol. The lowest BCUT2D eigenvalue weighted by Gasteiger charge is -2.33. The van der Waals surface area contributed by atoms with Crippen LogP contribution in [-0.4, -0.2) is 36.6 Å². The molecule has 0 aromatic heterocycles. The number of carbonyl (C=O) groups excluding carboxylic acids is 1. The largest absolute Gasteiger partial charge is 0.493 e. The van der Waals surface area contributed by atoms with Gasteiger partial charge in [-0.25, -0.2) is 9.36 Å². The minimum atomic E-state index is -4.69. The molecule has 1 fully saturated rings. The summed E-state index contributed by atoms with van der Waals surface area (Å²) in [4.78, 5) is 13.2. The highest BCUT2D eigenvalue weighted by molar-refractivity contribution is 7.48. The van der Waals surface area contributed by atoms with Crippen molar-refractivity contribution in [3.8, 4) is 5.75 Å². The van der Waals surface area contributed by atoms with Crippen LogP contribution >= 0.6 is 7.82 Å². The molecule has 0 heterocycles. The van der Waals surface area contributed by atoms with E-state index in [9.17, 15) is 27.6 Å². The first-order valence-corrected chi connectivity index (χ1v) is 21.0. The number of nitrogens with one attached hydrogen (secondary N) is 1. The minimum absolute atomic E-state index is 0.0479. The number of carbonyl (C=O) groups is 1. The maximum atomic E-state index is 14.4. The van der Waals surface area contributed by atoms with E-state index in [4.69, 9.17) is 23.0 Å². The van der Waals surface area contributed by atoms with Gasteiger partial charge in [-0.2, -0.15) is 13.2 Å². The molecule has 4 aromatic carbocycles. The average molecular weight is 812 g/mol. The summed E-state index contributed by atoms with van der Waals surface area (Å²) in [6, 6.07) is 30.7. The van der Waals surface area contributed by atoms with Gasteiger partial charge in [0.05, 0.1) is 44.1 Å². The summed E-state index contributed by atoms with van der Waals surface area (Å²) >= 11 is 0. The highest BCUT2D eigenvalue weighted by Crippen LogP contribution is 2.51. The standard InChI is InChI=1S/C44H53F3NO8P/c45-44(46,47)40-29-36(24-25-41(40)52-28-14-13-17-35-15-5-1-6-16-35)26-27-43(33-49,48-42(50)53-30-37-18-7-2-8-19-37)34-56-57(51,54-31-38-20-9-3-10-21-38)55-32-39-22-11-4-12-23-39/h2-4,7-12,18-25,29,35,49H,1,5-6,13-17,26-28,30-34H2,(H,48,50). The van der Waals surface area contributed by atoms with Crippen LogP contribution in [0.5, 0.6) is 5.75 Å². The molecule has 0 spiro atoms. The second-order valence-electron chi connectivity index (χ2n) is 14.5. The van der Waals surface area contributed by atoms with E-state index in [2.05, 4.69) is 5.32 Å². The van der Waals surface area contributed by atoms with Gasteiger partial charge in [0.15, 0.2) is 0 Å². The van der Waals surface area contributed by atoms with Crippen molar-refractivity contribution in [3.63, 3.8) is 0 Å². The first-order valence-electron chi connectivity index (χ1n) is 19.6. The molecule has 5 rings (SSSR count). The molecule has 0 saturated heterocycles. The first kappa shape index (κ1) is 43.9. The zero-order valence-electron chi connectivity index (χ0n) is 32.2. The van der Waals surface area contributed by atoms with Crippen molar-refractivity contribution in [3.05, 3.63) is 137 Å². The summed E-state index contributed by atoms with van der Waals surface area (Å²) in [5, 5.41) is 13.5. The predicted molar refractivity (Wildman–Crippen MR) is 211 cm³/mol. The number of alkyl carbamates (subject to hydrolysis) is 1. The van der Waals surface area contributed by atoms with Gasteiger partial charge in [0.2, 0.25) is 0 Å². The Morgan fingerprint density at radius 3 is 1.88 bits per heavy atom. The quantitative estimate of drug-likeness (QED) is 0.0596. The van der Waals surface area contributed by atoms with Crippen molar-refractivity contribution in [2.45, 2.75) is 95.7 Å². The molecule has 0 bridgehead atoms. The molecular formula is C44H53F3NO8P. The Labute approximate surface area is 333 Å². The molecule has 0 aliphatic heterocycles. The van der Waals surface area contributed by atoms with Crippen LogP contribution < -0.4 is 10.1 Å². The number of ether oxygens (including phenoxy) is 2. The van der Waals surface area contributed by atoms with Crippen LogP contribution in [0.25, 0.3) is 0 Å². The Kier molecular flexibility index (Phi) is 17.0. The molecule has 57 heavy (non-hydrogen) atoms. The van der Waals surface area contributed by atoms with E-state index in [1.807, 2.05) is 18.2 Å². The van der Waals surface area contributed by atoms with Crippen LogP contribution in [0.1, 0.15) is 85.6 Å². The molecule has 13 heteroatoms. The first-order chi connectivity index (χ1) is 27.5. The molecule has 4 aromatic rings. The lowest BCUT2D eigenvalue weighted by atomic mass is 9.86. The van der Waals surface area contributed by atoms with E-state index in [1.54, 1.807) is 72.8 Å². The van der Waals surface area contributed by atoms with Crippen molar-refractivity contribution in [2.75, 3.05) is 19.8 Å². The molecule has 2 N–H and O–H groups in total. The highest BCUT2D eigenvalue weighted by Gasteiger charge is 2.39. The SMILES string of the molecule is O=C(NC(CO)(CCc1ccc(OCCCCC2CCCCC2)c(C(F)(F)F)c1)COP(=O)(OCc1ccccc1)OCc1ccccc1)OCc1ccccc1. The van der Waals surface area contributed by atoms with E-state index in [1.165, 1.54) is 44.2 Å². The monoisotopic (exact) mass is 811 g/mol. The van der Waals surface area contributed by atoms with Crippen molar-refractivity contribution in [1.29, 1.82) is 0 Å². The Morgan fingerprint density at radius 2 is 1.32 bits per heavy atom. The number of rotatable bonds is 22. The lowest BCUT2D eigenvalue weighted by molar-refractivity contribution is -0.139. The fraction of sp³-hybridized carbons (Fsp3) is 0.432. The smallest absolute Gasteiger partial charge is 0.475 e. The van der Waals surface area contributed by atoms with Gasteiger partial charge in [-0.3, -0.25) is 13.6 Å². The molecule has 0 radical (unpaired) electrons. The molecule has 308 valence electrons. The van der Waals surface area contributed by atoms with Crippen LogP contribution in [0.2, 0.25) is 0 Å². The van der Waals surface area contributed by atoms with Crippen LogP contribution in [0.4, 0.5) is 18.0 Å². The number of aliphatic hydroxyl groups is 1. The summed E-state index contributed by atoms with van der Waals surface area (Å²) in [7, 11) is -4.39. The van der Waals surface area contributed by atoms with E-state index in [-0.39, 0.29) is 50.6 Å². The van der Waals surface area contributed by atoms with Crippen molar-refractivity contribution in [1.82, 2.24) is 5.32 Å². The summed E-state index contributed by atoms with van der Waals surface area (Å²) in [5.41, 5.74) is -0.255. The fourth-order valence-electron chi connectivity index (χ4n) is 6.74. The molecule has 1 aliphatic rings. The summed E-state index contributed by atoms with van der Waals surface area (Å²) < 4.78 is 85.7. The van der Waals surface area contributed by atoms with E-state index in [0.717, 1.165) is 18.9 Å². The van der Waals surface area contributed by atoms with Crippen LogP contribution in [0, 0.1) is 5.92 Å². The number of benzene rings is 4. The van der Waals surface area contributed by atoms with Gasteiger partial charge >= 0.3 is 20.1 Å². The zero-order valence-corrected chi connectivity index (χ0v) is 33.1. The molecule has 9 nitrogen and oxygen atoms in total. The predicted octanol–water partition coefficient (Wildman–Crippen LogP) is 11.0. The van der Waals surface area contributed by atoms with E-state index >= 15 is 0 Å². The molecule has 1 saturated carbocycles. The van der Waals surface area contributed by atoms with Crippen LogP contribution in [0.3, 0.4) is 0 Å². The van der Waals surface area contributed by atoms with Crippen LogP contribution in [0.15, 0.2) is 109 Å². The van der Waals surface area contributed by atoms with E-state index in [0.29, 0.717) is 29.0 Å². The number of halogens is 3. The van der Waals surface area contributed by atoms with Crippen LogP contribution in [-0.2, 0) is 55.3 Å². The summed E-state index contributed by atoms with van der Waals surface area (Å²) in [6.45, 7) is -1.54. The lowest BCUT2D eigenvalue weighted by Crippen LogP contribution is -2.55. The Morgan fingerprint density at radius 1 is 0.737 bits per heavy atom. The van der Waals surface area contributed by atoms with Crippen molar-refractivity contribution < 1.29 is 50.7 Å². The summed E-state index contributed by atoms with van der Waals surface area (Å²) in [6.07, 6.45) is 3.03. The number of aryl methyl sites for hydroxylation is 1. The number of amides is 1. The second kappa shape index (κ2) is 22.1. The van der Waals surface area contributed by atoms with Gasteiger partial charge in [-0.05, 0) is 66.0 Å². The van der Waals surface area contributed by atoms with Gasteiger partial charge in [-0.1, -0.05) is 136 Å². The third-order valence-electron chi connectivity index (χ3n) is 10.1. The fourth-order valence-corrected chi connectivity index (χ4v) is 7.98. The van der Waals surface area contributed by atoms with Gasteiger partial charge in [0, 0.05) is 0 Å².